The van der Waals surface area contributed by atoms with Crippen LogP contribution in [0.2, 0.25) is 5.02 Å². The van der Waals surface area contributed by atoms with Crippen molar-refractivity contribution in [3.05, 3.63) is 34.9 Å². The number of imide groups is 1. The summed E-state index contributed by atoms with van der Waals surface area (Å²) in [5, 5.41) is 9.19. The zero-order chi connectivity index (χ0) is 19.4. The van der Waals surface area contributed by atoms with E-state index in [4.69, 9.17) is 16.6 Å². The van der Waals surface area contributed by atoms with Crippen molar-refractivity contribution in [2.75, 3.05) is 19.6 Å². The summed E-state index contributed by atoms with van der Waals surface area (Å²) in [6.45, 7) is 6.76. The first kappa shape index (κ1) is 19.5. The number of halogens is 1. The van der Waals surface area contributed by atoms with Gasteiger partial charge in [-0.1, -0.05) is 23.7 Å². The van der Waals surface area contributed by atoms with Gasteiger partial charge in [0.1, 0.15) is 5.54 Å². The third-order valence-electron chi connectivity index (χ3n) is 5.32. The number of rotatable bonds is 4. The fourth-order valence-corrected chi connectivity index (χ4v) is 3.95. The summed E-state index contributed by atoms with van der Waals surface area (Å²) in [5.74, 6) is 0.740. The quantitative estimate of drug-likeness (QED) is 0.417. The van der Waals surface area contributed by atoms with Crippen molar-refractivity contribution in [2.45, 2.75) is 38.8 Å². The molecule has 2 aliphatic rings. The number of benzene rings is 1. The van der Waals surface area contributed by atoms with E-state index in [0.717, 1.165) is 44.0 Å². The van der Waals surface area contributed by atoms with Gasteiger partial charge in [0.15, 0.2) is 5.96 Å². The third-order valence-corrected chi connectivity index (χ3v) is 5.55. The molecule has 2 aliphatic heterocycles. The smallest absolute Gasteiger partial charge is 0.322 e. The number of likely N-dealkylation sites (tertiary alicyclic amines) is 1. The van der Waals surface area contributed by atoms with Gasteiger partial charge in [-0.15, -0.1) is 0 Å². The number of hydrogen-bond acceptors (Lipinski definition) is 3. The number of guanidine groups is 1. The summed E-state index contributed by atoms with van der Waals surface area (Å²) in [7, 11) is 0. The van der Waals surface area contributed by atoms with Crippen LogP contribution in [-0.2, 0) is 11.3 Å². The minimum Gasteiger partial charge on any atom is -0.357 e. The van der Waals surface area contributed by atoms with Crippen LogP contribution in [0.4, 0.5) is 4.79 Å². The summed E-state index contributed by atoms with van der Waals surface area (Å²) < 4.78 is 0. The molecule has 0 aliphatic carbocycles. The van der Waals surface area contributed by atoms with Gasteiger partial charge >= 0.3 is 6.03 Å². The maximum Gasteiger partial charge on any atom is 0.322 e. The SMILES string of the molecule is CCNC(=NCc1cccc(Cl)c1)N1CCC(C2(C)NC(=O)NC2=O)CC1. The van der Waals surface area contributed by atoms with Crippen LogP contribution in [0, 0.1) is 5.92 Å². The molecule has 2 saturated heterocycles. The molecule has 1 aromatic carbocycles. The molecule has 1 unspecified atom stereocenters. The zero-order valence-electron chi connectivity index (χ0n) is 15.7. The van der Waals surface area contributed by atoms with Gasteiger partial charge in [-0.05, 0) is 50.3 Å². The summed E-state index contributed by atoms with van der Waals surface area (Å²) in [6.07, 6.45) is 1.62. The molecular weight excluding hydrogens is 366 g/mol. The fourth-order valence-electron chi connectivity index (χ4n) is 3.74. The zero-order valence-corrected chi connectivity index (χ0v) is 16.5. The molecule has 0 bridgehead atoms. The van der Waals surface area contributed by atoms with Crippen molar-refractivity contribution in [3.8, 4) is 0 Å². The van der Waals surface area contributed by atoms with E-state index in [-0.39, 0.29) is 11.8 Å². The van der Waals surface area contributed by atoms with Crippen LogP contribution >= 0.6 is 11.6 Å². The van der Waals surface area contributed by atoms with Gasteiger partial charge in [0.25, 0.3) is 5.91 Å². The summed E-state index contributed by atoms with van der Waals surface area (Å²) >= 11 is 6.05. The second-order valence-electron chi connectivity index (χ2n) is 7.17. The maximum absolute atomic E-state index is 12.2. The van der Waals surface area contributed by atoms with Crippen molar-refractivity contribution in [2.24, 2.45) is 10.9 Å². The molecular formula is C19H26ClN5O2. The lowest BCUT2D eigenvalue weighted by Crippen LogP contribution is -2.55. The number of carbonyl (C=O) groups is 2. The molecule has 7 nitrogen and oxygen atoms in total. The Morgan fingerprint density at radius 2 is 2.11 bits per heavy atom. The first-order valence-corrected chi connectivity index (χ1v) is 9.71. The maximum atomic E-state index is 12.2. The molecule has 2 fully saturated rings. The summed E-state index contributed by atoms with van der Waals surface area (Å²) in [6, 6.07) is 7.30. The van der Waals surface area contributed by atoms with E-state index in [1.54, 1.807) is 0 Å². The van der Waals surface area contributed by atoms with Crippen LogP contribution in [-0.4, -0.2) is 48.0 Å². The van der Waals surface area contributed by atoms with Gasteiger partial charge in [-0.25, -0.2) is 9.79 Å². The molecule has 3 N–H and O–H groups in total. The average Bonchev–Trinajstić information content (AvgIpc) is 2.91. The molecule has 0 saturated carbocycles. The second-order valence-corrected chi connectivity index (χ2v) is 7.61. The number of nitrogens with one attached hydrogen (secondary N) is 3. The van der Waals surface area contributed by atoms with E-state index in [0.29, 0.717) is 11.6 Å². The van der Waals surface area contributed by atoms with Crippen molar-refractivity contribution in [1.82, 2.24) is 20.9 Å². The van der Waals surface area contributed by atoms with Crippen LogP contribution in [0.25, 0.3) is 0 Å². The van der Waals surface area contributed by atoms with Crippen LogP contribution in [0.3, 0.4) is 0 Å². The normalized spacial score (nSPS) is 24.0. The molecule has 1 atom stereocenters. The highest BCUT2D eigenvalue weighted by atomic mass is 35.5. The highest BCUT2D eigenvalue weighted by molar-refractivity contribution is 6.30. The number of nitrogens with zero attached hydrogens (tertiary/aromatic N) is 2. The lowest BCUT2D eigenvalue weighted by Gasteiger charge is -2.39. The lowest BCUT2D eigenvalue weighted by atomic mass is 9.79. The number of urea groups is 1. The van der Waals surface area contributed by atoms with Crippen molar-refractivity contribution < 1.29 is 9.59 Å². The highest BCUT2D eigenvalue weighted by Gasteiger charge is 2.48. The van der Waals surface area contributed by atoms with Crippen LogP contribution in [0.15, 0.2) is 29.3 Å². The van der Waals surface area contributed by atoms with Gasteiger partial charge < -0.3 is 15.5 Å². The van der Waals surface area contributed by atoms with Crippen LogP contribution in [0.1, 0.15) is 32.3 Å². The Bertz CT molecular complexity index is 745. The minimum absolute atomic E-state index is 0.107. The van der Waals surface area contributed by atoms with E-state index in [1.165, 1.54) is 0 Å². The Labute approximate surface area is 164 Å². The van der Waals surface area contributed by atoms with E-state index in [1.807, 2.05) is 38.1 Å². The topological polar surface area (TPSA) is 85.8 Å². The first-order chi connectivity index (χ1) is 12.9. The summed E-state index contributed by atoms with van der Waals surface area (Å²) in [4.78, 5) is 30.6. The van der Waals surface area contributed by atoms with E-state index < -0.39 is 11.6 Å². The van der Waals surface area contributed by atoms with Gasteiger partial charge in [0, 0.05) is 24.7 Å². The molecule has 8 heteroatoms. The van der Waals surface area contributed by atoms with Crippen molar-refractivity contribution in [1.29, 1.82) is 0 Å². The van der Waals surface area contributed by atoms with Gasteiger partial charge in [0.2, 0.25) is 0 Å². The lowest BCUT2D eigenvalue weighted by molar-refractivity contribution is -0.125. The Hall–Kier alpha value is -2.28. The first-order valence-electron chi connectivity index (χ1n) is 9.33. The summed E-state index contributed by atoms with van der Waals surface area (Å²) in [5.41, 5.74) is 0.241. The fraction of sp³-hybridized carbons (Fsp3) is 0.526. The molecule has 0 radical (unpaired) electrons. The predicted octanol–water partition coefficient (Wildman–Crippen LogP) is 2.12. The Balaban J connectivity index is 1.64. The molecule has 3 rings (SSSR count). The van der Waals surface area contributed by atoms with Gasteiger partial charge in [0.05, 0.1) is 6.54 Å². The molecule has 27 heavy (non-hydrogen) atoms. The number of amides is 3. The van der Waals surface area contributed by atoms with E-state index in [2.05, 4.69) is 20.9 Å². The Morgan fingerprint density at radius 1 is 1.37 bits per heavy atom. The third kappa shape index (κ3) is 4.35. The largest absolute Gasteiger partial charge is 0.357 e. The van der Waals surface area contributed by atoms with Crippen LogP contribution in [0.5, 0.6) is 0 Å². The highest BCUT2D eigenvalue weighted by Crippen LogP contribution is 2.30. The molecule has 0 spiro atoms. The average molecular weight is 392 g/mol. The molecule has 3 amide bonds. The van der Waals surface area contributed by atoms with E-state index >= 15 is 0 Å². The number of carbonyl (C=O) groups excluding carboxylic acids is 2. The van der Waals surface area contributed by atoms with Crippen LogP contribution < -0.4 is 16.0 Å². The standard InChI is InChI=1S/C19H26ClN5O2/c1-3-21-17(22-12-13-5-4-6-15(20)11-13)25-9-7-14(8-10-25)19(2)16(26)23-18(27)24-19/h4-6,11,14H,3,7-10,12H2,1-2H3,(H,21,22)(H2,23,24,26,27). The Morgan fingerprint density at radius 3 is 2.70 bits per heavy atom. The predicted molar refractivity (Wildman–Crippen MR) is 106 cm³/mol. The van der Waals surface area contributed by atoms with Gasteiger partial charge in [-0.2, -0.15) is 0 Å². The van der Waals surface area contributed by atoms with Gasteiger partial charge in [-0.3, -0.25) is 10.1 Å². The number of piperidine rings is 1. The number of aliphatic imine (C=N–C) groups is 1. The number of hydrogen-bond donors (Lipinski definition) is 3. The second kappa shape index (κ2) is 8.17. The van der Waals surface area contributed by atoms with Crippen molar-refractivity contribution >= 4 is 29.5 Å². The molecule has 0 aromatic heterocycles. The van der Waals surface area contributed by atoms with Crippen molar-refractivity contribution in [3.63, 3.8) is 0 Å². The molecule has 1 aromatic rings. The van der Waals surface area contributed by atoms with E-state index in [9.17, 15) is 9.59 Å². The minimum atomic E-state index is -0.820. The molecule has 146 valence electrons. The Kier molecular flexibility index (Phi) is 5.89. The monoisotopic (exact) mass is 391 g/mol. The molecule has 2 heterocycles.